The van der Waals surface area contributed by atoms with Crippen molar-refractivity contribution in [3.05, 3.63) is 57.5 Å². The molecule has 2 N–H and O–H groups in total. The molecule has 7 heteroatoms. The van der Waals surface area contributed by atoms with Gasteiger partial charge in [-0.25, -0.2) is 13.5 Å². The summed E-state index contributed by atoms with van der Waals surface area (Å²) < 4.78 is 28.8. The highest BCUT2D eigenvalue weighted by molar-refractivity contribution is 6.04. The molecule has 5 nitrogen and oxygen atoms in total. The first-order chi connectivity index (χ1) is 11.5. The van der Waals surface area contributed by atoms with Crippen LogP contribution in [0.2, 0.25) is 0 Å². The molecule has 1 saturated carbocycles. The van der Waals surface area contributed by atoms with E-state index in [0.29, 0.717) is 17.7 Å². The van der Waals surface area contributed by atoms with Crippen LogP contribution in [-0.2, 0) is 6.54 Å². The molecule has 1 aromatic carbocycles. The van der Waals surface area contributed by atoms with Gasteiger partial charge in [0.15, 0.2) is 0 Å². The molecular weight excluding hydrogens is 314 g/mol. The number of rotatable bonds is 5. The van der Waals surface area contributed by atoms with Crippen molar-refractivity contribution in [3.8, 4) is 0 Å². The summed E-state index contributed by atoms with van der Waals surface area (Å²) in [6.45, 7) is 1.68. The molecule has 2 aromatic rings. The van der Waals surface area contributed by atoms with Crippen LogP contribution in [0.25, 0.3) is 0 Å². The second-order valence-electron chi connectivity index (χ2n) is 5.77. The van der Waals surface area contributed by atoms with Gasteiger partial charge in [-0.15, -0.1) is 0 Å². The van der Waals surface area contributed by atoms with E-state index < -0.39 is 11.6 Å². The van der Waals surface area contributed by atoms with Crippen LogP contribution in [0.1, 0.15) is 43.4 Å². The number of nitrogens with two attached hydrogens (primary N) is 1. The number of hydrogen-bond acceptors (Lipinski definition) is 4. The van der Waals surface area contributed by atoms with Crippen molar-refractivity contribution in [1.29, 1.82) is 0 Å². The molecule has 24 heavy (non-hydrogen) atoms. The highest BCUT2D eigenvalue weighted by atomic mass is 19.1. The molecule has 0 amide bonds. The summed E-state index contributed by atoms with van der Waals surface area (Å²) >= 11 is 0. The Bertz CT molecular complexity index is 836. The minimum absolute atomic E-state index is 0.0755. The predicted octanol–water partition coefficient (Wildman–Crippen LogP) is 2.84. The molecule has 0 unspecified atom stereocenters. The fourth-order valence-electron chi connectivity index (χ4n) is 2.54. The molecule has 0 bridgehead atoms. The number of halogens is 2. The molecular formula is C17H18F2N4O. The van der Waals surface area contributed by atoms with Gasteiger partial charge in [-0.05, 0) is 31.4 Å². The second kappa shape index (κ2) is 6.51. The van der Waals surface area contributed by atoms with Gasteiger partial charge in [0, 0.05) is 16.8 Å². The van der Waals surface area contributed by atoms with Gasteiger partial charge in [-0.3, -0.25) is 9.79 Å². The van der Waals surface area contributed by atoms with Crippen LogP contribution in [0.5, 0.6) is 0 Å². The number of benzene rings is 1. The molecule has 0 saturated heterocycles. The minimum atomic E-state index is -0.649. The molecule has 126 valence electrons. The Labute approximate surface area is 137 Å². The summed E-state index contributed by atoms with van der Waals surface area (Å²) in [4.78, 5) is 16.5. The number of hydrogen-bond donors (Lipinski definition) is 1. The van der Waals surface area contributed by atoms with E-state index in [2.05, 4.69) is 10.1 Å². The Morgan fingerprint density at radius 3 is 2.62 bits per heavy atom. The Hall–Kier alpha value is -2.57. The molecule has 0 aliphatic heterocycles. The maximum Gasteiger partial charge on any atom is 0.290 e. The van der Waals surface area contributed by atoms with Crippen LogP contribution in [0.4, 0.5) is 14.5 Å². The largest absolute Gasteiger partial charge is 0.394 e. The van der Waals surface area contributed by atoms with Crippen LogP contribution in [0.3, 0.4) is 0 Å². The lowest BCUT2D eigenvalue weighted by atomic mass is 10.1. The zero-order valence-electron chi connectivity index (χ0n) is 13.3. The third-order valence-electron chi connectivity index (χ3n) is 4.07. The highest BCUT2D eigenvalue weighted by Gasteiger charge is 2.27. The predicted molar refractivity (Wildman–Crippen MR) is 88.1 cm³/mol. The average Bonchev–Trinajstić information content (AvgIpc) is 3.38. The lowest BCUT2D eigenvalue weighted by Gasteiger charge is -2.10. The topological polar surface area (TPSA) is 73.3 Å². The van der Waals surface area contributed by atoms with Gasteiger partial charge in [0.1, 0.15) is 17.3 Å². The van der Waals surface area contributed by atoms with Crippen LogP contribution >= 0.6 is 0 Å². The number of nitrogen functional groups attached to an aromatic ring is 1. The van der Waals surface area contributed by atoms with Crippen LogP contribution in [-0.4, -0.2) is 15.5 Å². The van der Waals surface area contributed by atoms with E-state index in [-0.39, 0.29) is 29.4 Å². The fraction of sp³-hybridized carbons (Fsp3) is 0.353. The highest BCUT2D eigenvalue weighted by Crippen LogP contribution is 2.32. The van der Waals surface area contributed by atoms with Crippen molar-refractivity contribution in [2.75, 3.05) is 5.73 Å². The van der Waals surface area contributed by atoms with E-state index in [1.54, 1.807) is 0 Å². The summed E-state index contributed by atoms with van der Waals surface area (Å²) in [6.07, 6.45) is 3.82. The number of aromatic nitrogens is 2. The van der Waals surface area contributed by atoms with E-state index in [0.717, 1.165) is 12.8 Å². The van der Waals surface area contributed by atoms with Crippen molar-refractivity contribution in [3.63, 3.8) is 0 Å². The zero-order chi connectivity index (χ0) is 17.3. The number of aliphatic imine (C=N–C) groups is 1. The zero-order valence-corrected chi connectivity index (χ0v) is 13.3. The first-order valence-electron chi connectivity index (χ1n) is 7.86. The maximum atomic E-state index is 13.7. The quantitative estimate of drug-likeness (QED) is 0.856. The van der Waals surface area contributed by atoms with E-state index in [1.165, 1.54) is 29.1 Å². The smallest absolute Gasteiger partial charge is 0.290 e. The van der Waals surface area contributed by atoms with Gasteiger partial charge < -0.3 is 5.73 Å². The third kappa shape index (κ3) is 3.06. The normalized spacial score (nSPS) is 14.9. The first-order valence-corrected chi connectivity index (χ1v) is 7.86. The van der Waals surface area contributed by atoms with Crippen molar-refractivity contribution < 1.29 is 8.78 Å². The van der Waals surface area contributed by atoms with Crippen LogP contribution in [0, 0.1) is 11.6 Å². The third-order valence-corrected chi connectivity index (χ3v) is 4.07. The summed E-state index contributed by atoms with van der Waals surface area (Å²) in [5, 5.41) is 4.16. The molecule has 1 aromatic heterocycles. The monoisotopic (exact) mass is 332 g/mol. The summed E-state index contributed by atoms with van der Waals surface area (Å²) in [5.74, 6) is -1.30. The van der Waals surface area contributed by atoms with Crippen LogP contribution in [0.15, 0.2) is 34.2 Å². The molecule has 1 aliphatic rings. The molecule has 1 fully saturated rings. The minimum Gasteiger partial charge on any atom is -0.394 e. The molecule has 1 heterocycles. The molecule has 1 aliphatic carbocycles. The van der Waals surface area contributed by atoms with Gasteiger partial charge in [0.2, 0.25) is 0 Å². The van der Waals surface area contributed by atoms with Crippen LogP contribution < -0.4 is 11.3 Å². The number of nitrogens with zero attached hydrogens (tertiary/aromatic N) is 3. The second-order valence-corrected chi connectivity index (χ2v) is 5.77. The first kappa shape index (κ1) is 16.3. The van der Waals surface area contributed by atoms with Crippen molar-refractivity contribution in [2.24, 2.45) is 4.99 Å². The lowest BCUT2D eigenvalue weighted by molar-refractivity contribution is 0.557. The van der Waals surface area contributed by atoms with Crippen molar-refractivity contribution >= 4 is 11.4 Å². The summed E-state index contributed by atoms with van der Waals surface area (Å²) in [7, 11) is 0. The Balaban J connectivity index is 1.94. The maximum absolute atomic E-state index is 13.7. The van der Waals surface area contributed by atoms with Gasteiger partial charge in [-0.2, -0.15) is 5.10 Å². The van der Waals surface area contributed by atoms with Crippen molar-refractivity contribution in [1.82, 2.24) is 9.78 Å². The summed E-state index contributed by atoms with van der Waals surface area (Å²) in [5.41, 5.74) is 6.51. The Morgan fingerprint density at radius 1 is 1.38 bits per heavy atom. The van der Waals surface area contributed by atoms with E-state index >= 15 is 0 Å². The van der Waals surface area contributed by atoms with E-state index in [9.17, 15) is 13.6 Å². The summed E-state index contributed by atoms with van der Waals surface area (Å²) in [6, 6.07) is 3.81. The van der Waals surface area contributed by atoms with E-state index in [1.807, 2.05) is 6.92 Å². The standard InChI is InChI=1S/C17H18F2N4O/c1-2-15(21-8-11-13(18)4-3-5-14(11)19)12-9-22-23(10-6-7-10)17(24)16(12)20/h3-5,9-10H,2,6-8,20H2,1H3. The van der Waals surface area contributed by atoms with Gasteiger partial charge in [0.25, 0.3) is 5.56 Å². The Morgan fingerprint density at radius 2 is 2.04 bits per heavy atom. The number of anilines is 1. The molecule has 3 rings (SSSR count). The van der Waals surface area contributed by atoms with E-state index in [4.69, 9.17) is 5.73 Å². The van der Waals surface area contributed by atoms with Gasteiger partial charge in [-0.1, -0.05) is 13.0 Å². The molecule has 0 radical (unpaired) electrons. The van der Waals surface area contributed by atoms with Crippen molar-refractivity contribution in [2.45, 2.75) is 38.8 Å². The van der Waals surface area contributed by atoms with Gasteiger partial charge >= 0.3 is 0 Å². The average molecular weight is 332 g/mol. The Kier molecular flexibility index (Phi) is 4.42. The lowest BCUT2D eigenvalue weighted by Crippen LogP contribution is -2.27. The van der Waals surface area contributed by atoms with Gasteiger partial charge in [0.05, 0.1) is 18.8 Å². The SMILES string of the molecule is CCC(=NCc1c(F)cccc1F)c1cnn(C2CC2)c(=O)c1N. The molecule has 0 spiro atoms. The molecule has 0 atom stereocenters. The fourth-order valence-corrected chi connectivity index (χ4v) is 2.54.